The summed E-state index contributed by atoms with van der Waals surface area (Å²) >= 11 is 1.85. The zero-order valence-electron chi connectivity index (χ0n) is 11.8. The van der Waals surface area contributed by atoms with Gasteiger partial charge in [-0.2, -0.15) is 0 Å². The summed E-state index contributed by atoms with van der Waals surface area (Å²) in [5.41, 5.74) is 3.53. The highest BCUT2D eigenvalue weighted by Crippen LogP contribution is 2.35. The van der Waals surface area contributed by atoms with Crippen molar-refractivity contribution in [3.63, 3.8) is 0 Å². The quantitative estimate of drug-likeness (QED) is 0.469. The number of nitrogens with one attached hydrogen (secondary N) is 1. The van der Waals surface area contributed by atoms with Crippen LogP contribution < -0.4 is 5.32 Å². The molecule has 0 fully saturated rings. The molecule has 0 aliphatic rings. The highest BCUT2D eigenvalue weighted by atomic mass is 32.1. The first-order valence-electron chi connectivity index (χ1n) is 7.04. The number of benzene rings is 3. The number of hydrogen-bond acceptors (Lipinski definition) is 2. The van der Waals surface area contributed by atoms with Crippen LogP contribution in [0.5, 0.6) is 0 Å². The summed E-state index contributed by atoms with van der Waals surface area (Å²) in [6.07, 6.45) is 0. The molecule has 0 spiro atoms. The van der Waals surface area contributed by atoms with Crippen molar-refractivity contribution in [3.8, 4) is 0 Å². The summed E-state index contributed by atoms with van der Waals surface area (Å²) < 4.78 is 2.69. The van der Waals surface area contributed by atoms with Gasteiger partial charge in [-0.25, -0.2) is 0 Å². The summed E-state index contributed by atoms with van der Waals surface area (Å²) in [4.78, 5) is 0. The number of thiophene rings is 1. The Bertz CT molecular complexity index is 937. The van der Waals surface area contributed by atoms with Gasteiger partial charge in [0.1, 0.15) is 0 Å². The van der Waals surface area contributed by atoms with E-state index in [0.717, 1.165) is 11.4 Å². The van der Waals surface area contributed by atoms with Gasteiger partial charge in [-0.1, -0.05) is 30.3 Å². The van der Waals surface area contributed by atoms with E-state index in [0.29, 0.717) is 0 Å². The van der Waals surface area contributed by atoms with Gasteiger partial charge < -0.3 is 5.32 Å². The average Bonchev–Trinajstić information content (AvgIpc) is 2.85. The van der Waals surface area contributed by atoms with Crippen molar-refractivity contribution in [2.45, 2.75) is 6.92 Å². The molecule has 0 amide bonds. The lowest BCUT2D eigenvalue weighted by Crippen LogP contribution is -1.89. The van der Waals surface area contributed by atoms with E-state index in [1.807, 2.05) is 11.3 Å². The van der Waals surface area contributed by atoms with Crippen LogP contribution in [0, 0.1) is 6.92 Å². The maximum absolute atomic E-state index is 3.50. The Balaban J connectivity index is 1.81. The zero-order valence-corrected chi connectivity index (χ0v) is 12.6. The van der Waals surface area contributed by atoms with Crippen molar-refractivity contribution in [2.24, 2.45) is 0 Å². The second kappa shape index (κ2) is 4.90. The third-order valence-electron chi connectivity index (χ3n) is 3.68. The Morgan fingerprint density at radius 3 is 2.43 bits per heavy atom. The first-order chi connectivity index (χ1) is 10.3. The lowest BCUT2D eigenvalue weighted by atomic mass is 10.1. The molecule has 0 atom stereocenters. The predicted octanol–water partition coefficient (Wildman–Crippen LogP) is 6.11. The SMILES string of the molecule is Cc1cccc(Nc2ccc3sc4ccccc4c3c2)c1. The minimum Gasteiger partial charge on any atom is -0.356 e. The van der Waals surface area contributed by atoms with Crippen molar-refractivity contribution in [3.05, 3.63) is 72.3 Å². The van der Waals surface area contributed by atoms with Gasteiger partial charge in [-0.3, -0.25) is 0 Å². The van der Waals surface area contributed by atoms with Crippen LogP contribution in [0.2, 0.25) is 0 Å². The van der Waals surface area contributed by atoms with Gasteiger partial charge in [0.2, 0.25) is 0 Å². The van der Waals surface area contributed by atoms with E-state index in [-0.39, 0.29) is 0 Å². The van der Waals surface area contributed by atoms with Gasteiger partial charge in [0.25, 0.3) is 0 Å². The molecule has 0 saturated carbocycles. The first kappa shape index (κ1) is 12.4. The molecule has 0 aliphatic carbocycles. The van der Waals surface area contributed by atoms with Crippen molar-refractivity contribution in [1.82, 2.24) is 0 Å². The molecule has 0 aliphatic heterocycles. The standard InChI is InChI=1S/C19H15NS/c1-13-5-4-6-14(11-13)20-15-9-10-19-17(12-15)16-7-2-3-8-18(16)21-19/h2-12,20H,1H3. The van der Waals surface area contributed by atoms with Crippen molar-refractivity contribution >= 4 is 42.9 Å². The lowest BCUT2D eigenvalue weighted by molar-refractivity contribution is 1.45. The minimum absolute atomic E-state index is 1.13. The number of aryl methyl sites for hydroxylation is 1. The third kappa shape index (κ3) is 2.28. The fourth-order valence-electron chi connectivity index (χ4n) is 2.69. The Labute approximate surface area is 127 Å². The lowest BCUT2D eigenvalue weighted by Gasteiger charge is -2.07. The second-order valence-electron chi connectivity index (χ2n) is 5.30. The largest absolute Gasteiger partial charge is 0.356 e. The van der Waals surface area contributed by atoms with Crippen LogP contribution in [-0.4, -0.2) is 0 Å². The van der Waals surface area contributed by atoms with Crippen molar-refractivity contribution in [1.29, 1.82) is 0 Å². The Hall–Kier alpha value is -2.32. The third-order valence-corrected chi connectivity index (χ3v) is 4.84. The van der Waals surface area contributed by atoms with E-state index in [2.05, 4.69) is 79.0 Å². The molecule has 1 N–H and O–H groups in total. The van der Waals surface area contributed by atoms with Crippen LogP contribution in [0.3, 0.4) is 0 Å². The normalized spacial score (nSPS) is 11.1. The van der Waals surface area contributed by atoms with E-state index in [1.165, 1.54) is 25.7 Å². The summed E-state index contributed by atoms with van der Waals surface area (Å²) in [7, 11) is 0. The molecular formula is C19H15NS. The van der Waals surface area contributed by atoms with Crippen LogP contribution in [0.15, 0.2) is 66.7 Å². The summed E-state index contributed by atoms with van der Waals surface area (Å²) in [5, 5.41) is 6.16. The Morgan fingerprint density at radius 1 is 0.714 bits per heavy atom. The molecule has 2 heteroatoms. The molecule has 0 unspecified atom stereocenters. The van der Waals surface area contributed by atoms with Crippen LogP contribution in [0.25, 0.3) is 20.2 Å². The Morgan fingerprint density at radius 2 is 1.52 bits per heavy atom. The summed E-state index contributed by atoms with van der Waals surface area (Å²) in [6, 6.07) is 23.7. The van der Waals surface area contributed by atoms with E-state index in [9.17, 15) is 0 Å². The number of fused-ring (bicyclic) bond motifs is 3. The molecule has 1 heterocycles. The highest BCUT2D eigenvalue weighted by molar-refractivity contribution is 7.25. The fourth-order valence-corrected chi connectivity index (χ4v) is 3.78. The maximum atomic E-state index is 3.50. The van der Waals surface area contributed by atoms with Crippen LogP contribution in [0.4, 0.5) is 11.4 Å². The van der Waals surface area contributed by atoms with Crippen molar-refractivity contribution < 1.29 is 0 Å². The molecule has 0 bridgehead atoms. The highest BCUT2D eigenvalue weighted by Gasteiger charge is 2.05. The molecule has 102 valence electrons. The predicted molar refractivity (Wildman–Crippen MR) is 93.8 cm³/mol. The summed E-state index contributed by atoms with van der Waals surface area (Å²) in [6.45, 7) is 2.11. The fraction of sp³-hybridized carbons (Fsp3) is 0.0526. The molecular weight excluding hydrogens is 274 g/mol. The monoisotopic (exact) mass is 289 g/mol. The molecule has 4 rings (SSSR count). The second-order valence-corrected chi connectivity index (χ2v) is 6.39. The van der Waals surface area contributed by atoms with E-state index in [1.54, 1.807) is 0 Å². The van der Waals surface area contributed by atoms with Gasteiger partial charge in [0, 0.05) is 31.5 Å². The summed E-state index contributed by atoms with van der Waals surface area (Å²) in [5.74, 6) is 0. The number of rotatable bonds is 2. The molecule has 0 saturated heterocycles. The van der Waals surface area contributed by atoms with E-state index >= 15 is 0 Å². The molecule has 3 aromatic carbocycles. The average molecular weight is 289 g/mol. The van der Waals surface area contributed by atoms with E-state index < -0.39 is 0 Å². The van der Waals surface area contributed by atoms with Gasteiger partial charge in [-0.15, -0.1) is 11.3 Å². The van der Waals surface area contributed by atoms with Crippen molar-refractivity contribution in [2.75, 3.05) is 5.32 Å². The first-order valence-corrected chi connectivity index (χ1v) is 7.86. The molecule has 1 aromatic heterocycles. The Kier molecular flexibility index (Phi) is 2.90. The molecule has 21 heavy (non-hydrogen) atoms. The van der Waals surface area contributed by atoms with Gasteiger partial charge >= 0.3 is 0 Å². The molecule has 1 nitrogen and oxygen atoms in total. The van der Waals surface area contributed by atoms with Crippen LogP contribution in [0.1, 0.15) is 5.56 Å². The topological polar surface area (TPSA) is 12.0 Å². The van der Waals surface area contributed by atoms with Gasteiger partial charge in [0.15, 0.2) is 0 Å². The maximum Gasteiger partial charge on any atom is 0.0391 e. The molecule has 0 radical (unpaired) electrons. The number of anilines is 2. The minimum atomic E-state index is 1.13. The van der Waals surface area contributed by atoms with Gasteiger partial charge in [0.05, 0.1) is 0 Å². The smallest absolute Gasteiger partial charge is 0.0391 e. The van der Waals surface area contributed by atoms with Gasteiger partial charge in [-0.05, 0) is 48.9 Å². The van der Waals surface area contributed by atoms with Crippen LogP contribution in [-0.2, 0) is 0 Å². The number of hydrogen-bond donors (Lipinski definition) is 1. The zero-order chi connectivity index (χ0) is 14.2. The molecule has 4 aromatic rings. The van der Waals surface area contributed by atoms with Crippen LogP contribution >= 0.6 is 11.3 Å². The van der Waals surface area contributed by atoms with E-state index in [4.69, 9.17) is 0 Å².